The Bertz CT molecular complexity index is 938. The summed E-state index contributed by atoms with van der Waals surface area (Å²) in [5.74, 6) is 1.04. The second-order valence-electron chi connectivity index (χ2n) is 7.16. The topological polar surface area (TPSA) is 30.5 Å². The van der Waals surface area contributed by atoms with Gasteiger partial charge in [0.2, 0.25) is 0 Å². The number of rotatable bonds is 10. The lowest BCUT2D eigenvalue weighted by Gasteiger charge is -2.20. The van der Waals surface area contributed by atoms with Crippen molar-refractivity contribution in [3.8, 4) is 11.5 Å². The molecule has 0 aliphatic rings. The highest BCUT2D eigenvalue weighted by atomic mass is 79.9. The van der Waals surface area contributed by atoms with E-state index in [4.69, 9.17) is 9.47 Å². The molecule has 0 bridgehead atoms. The summed E-state index contributed by atoms with van der Waals surface area (Å²) >= 11 is 3.61. The van der Waals surface area contributed by atoms with Crippen LogP contribution in [-0.4, -0.2) is 7.11 Å². The van der Waals surface area contributed by atoms with E-state index in [-0.39, 0.29) is 18.2 Å². The third-order valence-corrected chi connectivity index (χ3v) is 5.51. The molecule has 0 heterocycles. The molecule has 0 amide bonds. The van der Waals surface area contributed by atoms with E-state index in [2.05, 4.69) is 52.4 Å². The van der Waals surface area contributed by atoms with Gasteiger partial charge in [-0.05, 0) is 63.3 Å². The number of benzene rings is 3. The second kappa shape index (κ2) is 12.7. The summed E-state index contributed by atoms with van der Waals surface area (Å²) in [5, 5.41) is 3.66. The quantitative estimate of drug-likeness (QED) is 0.313. The van der Waals surface area contributed by atoms with Crippen LogP contribution in [0, 0.1) is 5.82 Å². The van der Waals surface area contributed by atoms with E-state index in [1.54, 1.807) is 19.2 Å². The maximum absolute atomic E-state index is 13.1. The van der Waals surface area contributed by atoms with Crippen LogP contribution in [0.5, 0.6) is 11.5 Å². The molecule has 1 unspecified atom stereocenters. The summed E-state index contributed by atoms with van der Waals surface area (Å²) in [6.45, 7) is 3.25. The van der Waals surface area contributed by atoms with E-state index in [1.807, 2.05) is 18.2 Å². The van der Waals surface area contributed by atoms with Crippen molar-refractivity contribution in [3.63, 3.8) is 0 Å². The predicted molar refractivity (Wildman–Crippen MR) is 130 cm³/mol. The van der Waals surface area contributed by atoms with Crippen molar-refractivity contribution in [3.05, 3.63) is 93.7 Å². The first-order valence-electron chi connectivity index (χ1n) is 10.1. The molecule has 0 radical (unpaired) electrons. The minimum Gasteiger partial charge on any atom is -0.493 e. The van der Waals surface area contributed by atoms with Gasteiger partial charge in [-0.15, -0.1) is 12.4 Å². The molecule has 3 rings (SSSR count). The molecular weight excluding hydrogens is 481 g/mol. The van der Waals surface area contributed by atoms with Crippen molar-refractivity contribution in [1.29, 1.82) is 0 Å². The van der Waals surface area contributed by atoms with Crippen molar-refractivity contribution in [1.82, 2.24) is 5.32 Å². The maximum Gasteiger partial charge on any atom is 0.175 e. The van der Waals surface area contributed by atoms with Gasteiger partial charge in [0.1, 0.15) is 12.4 Å². The third kappa shape index (κ3) is 7.23. The Morgan fingerprint density at radius 2 is 1.71 bits per heavy atom. The van der Waals surface area contributed by atoms with E-state index in [1.165, 1.54) is 17.7 Å². The van der Waals surface area contributed by atoms with Crippen molar-refractivity contribution in [2.45, 2.75) is 39.0 Å². The van der Waals surface area contributed by atoms with E-state index in [9.17, 15) is 4.39 Å². The molecule has 0 aromatic heterocycles. The number of nitrogens with one attached hydrogen (secondary N) is 1. The Balaban J connectivity index is 0.00000341. The number of ether oxygens (including phenoxy) is 2. The summed E-state index contributed by atoms with van der Waals surface area (Å²) in [6, 6.07) is 21.1. The molecule has 0 spiro atoms. The van der Waals surface area contributed by atoms with Gasteiger partial charge in [0.25, 0.3) is 0 Å². The minimum absolute atomic E-state index is 0. The monoisotopic (exact) mass is 507 g/mol. The Hall–Kier alpha value is -2.08. The second-order valence-corrected chi connectivity index (χ2v) is 8.01. The van der Waals surface area contributed by atoms with Crippen LogP contribution in [0.2, 0.25) is 0 Å². The molecule has 6 heteroatoms. The van der Waals surface area contributed by atoms with Gasteiger partial charge in [-0.3, -0.25) is 0 Å². The van der Waals surface area contributed by atoms with Gasteiger partial charge in [0.15, 0.2) is 11.5 Å². The molecule has 3 aromatic rings. The average molecular weight is 509 g/mol. The fourth-order valence-electron chi connectivity index (χ4n) is 3.35. The van der Waals surface area contributed by atoms with Crippen molar-refractivity contribution >= 4 is 28.3 Å². The van der Waals surface area contributed by atoms with Crippen LogP contribution in [0.1, 0.15) is 42.5 Å². The molecule has 0 saturated heterocycles. The minimum atomic E-state index is -0.258. The lowest BCUT2D eigenvalue weighted by molar-refractivity contribution is 0.282. The van der Waals surface area contributed by atoms with Crippen LogP contribution >= 0.6 is 28.3 Å². The van der Waals surface area contributed by atoms with E-state index in [0.717, 1.165) is 28.4 Å². The highest BCUT2D eigenvalue weighted by molar-refractivity contribution is 9.10. The van der Waals surface area contributed by atoms with Crippen LogP contribution in [0.3, 0.4) is 0 Å². The van der Waals surface area contributed by atoms with Gasteiger partial charge in [0, 0.05) is 12.6 Å². The SMILES string of the molecule is CCCC(NCc1cc(Br)c(OCc2ccc(F)cc2)c(OC)c1)c1ccccc1.Cl. The lowest BCUT2D eigenvalue weighted by Crippen LogP contribution is -2.20. The molecular formula is C25H28BrClFNO2. The lowest BCUT2D eigenvalue weighted by atomic mass is 10.0. The fourth-order valence-corrected chi connectivity index (χ4v) is 3.96. The molecule has 0 aliphatic carbocycles. The summed E-state index contributed by atoms with van der Waals surface area (Å²) in [5.41, 5.74) is 3.29. The zero-order chi connectivity index (χ0) is 21.3. The molecule has 31 heavy (non-hydrogen) atoms. The Morgan fingerprint density at radius 1 is 1.00 bits per heavy atom. The molecule has 0 saturated carbocycles. The normalized spacial score (nSPS) is 11.5. The Kier molecular flexibility index (Phi) is 10.3. The number of halogens is 3. The molecule has 1 atom stereocenters. The van der Waals surface area contributed by atoms with Gasteiger partial charge >= 0.3 is 0 Å². The van der Waals surface area contributed by atoms with Crippen molar-refractivity contribution in [2.75, 3.05) is 7.11 Å². The largest absolute Gasteiger partial charge is 0.493 e. The first kappa shape index (κ1) is 25.2. The smallest absolute Gasteiger partial charge is 0.175 e. The molecule has 0 fully saturated rings. The summed E-state index contributed by atoms with van der Waals surface area (Å²) in [7, 11) is 1.63. The van der Waals surface area contributed by atoms with Gasteiger partial charge in [-0.2, -0.15) is 0 Å². The molecule has 3 aromatic carbocycles. The zero-order valence-electron chi connectivity index (χ0n) is 17.7. The first-order chi connectivity index (χ1) is 14.6. The maximum atomic E-state index is 13.1. The predicted octanol–water partition coefficient (Wildman–Crippen LogP) is 7.23. The van der Waals surface area contributed by atoms with Crippen LogP contribution in [-0.2, 0) is 13.2 Å². The summed E-state index contributed by atoms with van der Waals surface area (Å²) in [6.07, 6.45) is 2.18. The van der Waals surface area contributed by atoms with Crippen molar-refractivity contribution in [2.24, 2.45) is 0 Å². The standard InChI is InChI=1S/C25H27BrFNO2.ClH/c1-3-7-23(20-8-5-4-6-9-20)28-16-19-14-22(26)25(24(15-19)29-2)30-17-18-10-12-21(27)13-11-18;/h4-6,8-15,23,28H,3,7,16-17H2,1-2H3;1H. The van der Waals surface area contributed by atoms with Crippen LogP contribution in [0.4, 0.5) is 4.39 Å². The molecule has 1 N–H and O–H groups in total. The number of methoxy groups -OCH3 is 1. The summed E-state index contributed by atoms with van der Waals surface area (Å²) in [4.78, 5) is 0. The van der Waals surface area contributed by atoms with Gasteiger partial charge in [-0.25, -0.2) is 4.39 Å². The van der Waals surface area contributed by atoms with Crippen molar-refractivity contribution < 1.29 is 13.9 Å². The highest BCUT2D eigenvalue weighted by Gasteiger charge is 2.14. The van der Waals surface area contributed by atoms with Crippen LogP contribution < -0.4 is 14.8 Å². The van der Waals surface area contributed by atoms with Crippen LogP contribution in [0.15, 0.2) is 71.2 Å². The van der Waals surface area contributed by atoms with Gasteiger partial charge in [0.05, 0.1) is 11.6 Å². The molecule has 3 nitrogen and oxygen atoms in total. The summed E-state index contributed by atoms with van der Waals surface area (Å²) < 4.78 is 25.4. The third-order valence-electron chi connectivity index (χ3n) is 4.92. The van der Waals surface area contributed by atoms with Gasteiger partial charge < -0.3 is 14.8 Å². The van der Waals surface area contributed by atoms with Gasteiger partial charge in [-0.1, -0.05) is 55.8 Å². The number of hydrogen-bond donors (Lipinski definition) is 1. The first-order valence-corrected chi connectivity index (χ1v) is 10.9. The van der Waals surface area contributed by atoms with E-state index in [0.29, 0.717) is 30.7 Å². The average Bonchev–Trinajstić information content (AvgIpc) is 2.77. The molecule has 0 aliphatic heterocycles. The van der Waals surface area contributed by atoms with Crippen LogP contribution in [0.25, 0.3) is 0 Å². The van der Waals surface area contributed by atoms with E-state index < -0.39 is 0 Å². The highest BCUT2D eigenvalue weighted by Crippen LogP contribution is 2.37. The Labute approximate surface area is 198 Å². The van der Waals surface area contributed by atoms with E-state index >= 15 is 0 Å². The fraction of sp³-hybridized carbons (Fsp3) is 0.280. The zero-order valence-corrected chi connectivity index (χ0v) is 20.1. The Morgan fingerprint density at radius 3 is 2.35 bits per heavy atom. The number of hydrogen-bond acceptors (Lipinski definition) is 3. The molecule has 166 valence electrons.